The number of anilines is 2. The first kappa shape index (κ1) is 20.7. The topological polar surface area (TPSA) is 93.2 Å². The second kappa shape index (κ2) is 9.07. The Hall–Kier alpha value is -3.56. The summed E-state index contributed by atoms with van der Waals surface area (Å²) in [6.07, 6.45) is 0. The van der Waals surface area contributed by atoms with Gasteiger partial charge in [0, 0.05) is 34.5 Å². The van der Waals surface area contributed by atoms with E-state index < -0.39 is 0 Å². The average Bonchev–Trinajstić information content (AvgIpc) is 3.44. The van der Waals surface area contributed by atoms with Crippen molar-refractivity contribution >= 4 is 45.3 Å². The van der Waals surface area contributed by atoms with Gasteiger partial charge in [0.05, 0.1) is 12.8 Å². The number of benzene rings is 2. The summed E-state index contributed by atoms with van der Waals surface area (Å²) in [5.41, 5.74) is 3.61. The second-order valence-corrected chi connectivity index (χ2v) is 8.23. The third kappa shape index (κ3) is 4.96. The van der Waals surface area contributed by atoms with Gasteiger partial charge in [-0.3, -0.25) is 14.9 Å². The fraction of sp³-hybridized carbons (Fsp3) is 0.0909. The molecule has 0 aliphatic heterocycles. The van der Waals surface area contributed by atoms with Gasteiger partial charge in [0.15, 0.2) is 5.13 Å². The molecule has 2 heterocycles. The Morgan fingerprint density at radius 3 is 2.26 bits per heavy atom. The van der Waals surface area contributed by atoms with Crippen LogP contribution in [0.3, 0.4) is 0 Å². The predicted octanol–water partition coefficient (Wildman–Crippen LogP) is 5.15. The van der Waals surface area contributed by atoms with Crippen LogP contribution in [-0.2, 0) is 4.79 Å². The first-order chi connectivity index (χ1) is 15.0. The zero-order chi connectivity index (χ0) is 21.8. The number of carbonyl (C=O) groups is 2. The van der Waals surface area contributed by atoms with E-state index in [-0.39, 0.29) is 11.8 Å². The van der Waals surface area contributed by atoms with E-state index in [1.165, 1.54) is 29.6 Å². The molecule has 0 aliphatic carbocycles. The van der Waals surface area contributed by atoms with E-state index in [0.29, 0.717) is 10.8 Å². The predicted molar refractivity (Wildman–Crippen MR) is 124 cm³/mol. The van der Waals surface area contributed by atoms with E-state index in [0.717, 1.165) is 33.3 Å². The lowest BCUT2D eigenvalue weighted by atomic mass is 10.1. The molecule has 0 unspecified atom stereocenters. The quantitative estimate of drug-likeness (QED) is 0.424. The van der Waals surface area contributed by atoms with E-state index >= 15 is 0 Å². The normalized spacial score (nSPS) is 10.5. The van der Waals surface area contributed by atoms with Crippen LogP contribution in [-0.4, -0.2) is 28.9 Å². The summed E-state index contributed by atoms with van der Waals surface area (Å²) in [6.45, 7) is 1.46. The highest BCUT2D eigenvalue weighted by Gasteiger charge is 2.14. The third-order valence-corrected chi connectivity index (χ3v) is 5.95. The van der Waals surface area contributed by atoms with Crippen molar-refractivity contribution in [1.29, 1.82) is 0 Å². The highest BCUT2D eigenvalue weighted by molar-refractivity contribution is 7.14. The van der Waals surface area contributed by atoms with E-state index in [9.17, 15) is 9.59 Å². The fourth-order valence-electron chi connectivity index (χ4n) is 2.80. The molecule has 0 radical (unpaired) electrons. The Balaban J connectivity index is 1.43. The second-order valence-electron chi connectivity index (χ2n) is 6.52. The lowest BCUT2D eigenvalue weighted by Crippen LogP contribution is -2.12. The molecule has 0 bridgehead atoms. The highest BCUT2D eigenvalue weighted by atomic mass is 32.1. The summed E-state index contributed by atoms with van der Waals surface area (Å²) < 4.78 is 5.17. The maximum Gasteiger partial charge on any atom is 0.276 e. The van der Waals surface area contributed by atoms with E-state index in [1.54, 1.807) is 12.5 Å². The summed E-state index contributed by atoms with van der Waals surface area (Å²) in [6, 6.07) is 14.9. The van der Waals surface area contributed by atoms with Gasteiger partial charge in [-0.15, -0.1) is 22.7 Å². The molecule has 0 saturated heterocycles. The Bertz CT molecular complexity index is 1210. The smallest absolute Gasteiger partial charge is 0.276 e. The van der Waals surface area contributed by atoms with Crippen LogP contribution in [0.1, 0.15) is 17.4 Å². The van der Waals surface area contributed by atoms with Crippen molar-refractivity contribution in [2.75, 3.05) is 17.7 Å². The van der Waals surface area contributed by atoms with E-state index in [2.05, 4.69) is 20.6 Å². The number of amides is 2. The molecule has 7 nitrogen and oxygen atoms in total. The summed E-state index contributed by atoms with van der Waals surface area (Å²) in [5, 5.41) is 10.4. The third-order valence-electron chi connectivity index (χ3n) is 4.30. The summed E-state index contributed by atoms with van der Waals surface area (Å²) >= 11 is 2.74. The number of aromatic nitrogens is 2. The van der Waals surface area contributed by atoms with Crippen LogP contribution in [0.5, 0.6) is 5.75 Å². The molecule has 2 amide bonds. The molecule has 4 rings (SSSR count). The molecule has 0 saturated carbocycles. The molecule has 0 atom stereocenters. The van der Waals surface area contributed by atoms with Gasteiger partial charge in [0.1, 0.15) is 16.5 Å². The lowest BCUT2D eigenvalue weighted by Gasteiger charge is -2.02. The van der Waals surface area contributed by atoms with Gasteiger partial charge < -0.3 is 10.1 Å². The fourth-order valence-corrected chi connectivity index (χ4v) is 4.32. The highest BCUT2D eigenvalue weighted by Crippen LogP contribution is 2.28. The van der Waals surface area contributed by atoms with Gasteiger partial charge in [0.25, 0.3) is 5.91 Å². The Labute approximate surface area is 186 Å². The molecular weight excluding hydrogens is 432 g/mol. The van der Waals surface area contributed by atoms with Crippen LogP contribution in [0, 0.1) is 0 Å². The van der Waals surface area contributed by atoms with Gasteiger partial charge in [-0.05, 0) is 36.4 Å². The minimum absolute atomic E-state index is 0.122. The van der Waals surface area contributed by atoms with Gasteiger partial charge in [-0.1, -0.05) is 12.1 Å². The number of nitrogens with zero attached hydrogens (tertiary/aromatic N) is 2. The number of ether oxygens (including phenoxy) is 1. The molecule has 2 N–H and O–H groups in total. The summed E-state index contributed by atoms with van der Waals surface area (Å²) in [5.74, 6) is 0.337. The van der Waals surface area contributed by atoms with E-state index in [1.807, 2.05) is 53.9 Å². The van der Waals surface area contributed by atoms with Crippen LogP contribution in [0.4, 0.5) is 10.8 Å². The molecule has 0 fully saturated rings. The minimum atomic E-state index is -0.307. The number of hydrogen-bond acceptors (Lipinski definition) is 7. The van der Waals surface area contributed by atoms with Crippen molar-refractivity contribution in [2.24, 2.45) is 0 Å². The number of rotatable bonds is 6. The number of thiazole rings is 2. The maximum absolute atomic E-state index is 12.6. The molecule has 9 heteroatoms. The van der Waals surface area contributed by atoms with Crippen molar-refractivity contribution in [3.8, 4) is 27.6 Å². The molecule has 156 valence electrons. The molecule has 2 aromatic carbocycles. The molecule has 4 aromatic rings. The number of methoxy groups -OCH3 is 1. The largest absolute Gasteiger partial charge is 0.497 e. The molecule has 31 heavy (non-hydrogen) atoms. The standard InChI is InChI=1S/C22H18N4O3S2/c1-13(27)23-16-7-3-14(4-8-16)18-11-31-22(25-18)26-20(28)19-12-30-21(24-19)15-5-9-17(29-2)10-6-15/h3-12H,1-2H3,(H,23,27)(H,25,26,28). The van der Waals surface area contributed by atoms with E-state index in [4.69, 9.17) is 4.74 Å². The van der Waals surface area contributed by atoms with Crippen LogP contribution < -0.4 is 15.4 Å². The SMILES string of the molecule is COc1ccc(-c2nc(C(=O)Nc3nc(-c4ccc(NC(C)=O)cc4)cs3)cs2)cc1. The van der Waals surface area contributed by atoms with Gasteiger partial charge in [0.2, 0.25) is 5.91 Å². The average molecular weight is 451 g/mol. The van der Waals surface area contributed by atoms with Crippen molar-refractivity contribution in [2.45, 2.75) is 6.92 Å². The van der Waals surface area contributed by atoms with Crippen LogP contribution in [0.25, 0.3) is 21.8 Å². The van der Waals surface area contributed by atoms with Crippen LogP contribution in [0.2, 0.25) is 0 Å². The van der Waals surface area contributed by atoms with Gasteiger partial charge >= 0.3 is 0 Å². The number of carbonyl (C=O) groups excluding carboxylic acids is 2. The first-order valence-electron chi connectivity index (χ1n) is 9.26. The van der Waals surface area contributed by atoms with Crippen LogP contribution >= 0.6 is 22.7 Å². The number of nitrogens with one attached hydrogen (secondary N) is 2. The van der Waals surface area contributed by atoms with Crippen molar-refractivity contribution in [3.63, 3.8) is 0 Å². The summed E-state index contributed by atoms with van der Waals surface area (Å²) in [7, 11) is 1.62. The summed E-state index contributed by atoms with van der Waals surface area (Å²) in [4.78, 5) is 32.6. The minimum Gasteiger partial charge on any atom is -0.497 e. The van der Waals surface area contributed by atoms with Crippen molar-refractivity contribution in [3.05, 3.63) is 65.0 Å². The first-order valence-corrected chi connectivity index (χ1v) is 11.0. The molecule has 2 aromatic heterocycles. The lowest BCUT2D eigenvalue weighted by molar-refractivity contribution is -0.114. The molecular formula is C22H18N4O3S2. The van der Waals surface area contributed by atoms with Crippen molar-refractivity contribution in [1.82, 2.24) is 9.97 Å². The Kier molecular flexibility index (Phi) is 6.06. The Morgan fingerprint density at radius 1 is 0.871 bits per heavy atom. The van der Waals surface area contributed by atoms with Crippen molar-refractivity contribution < 1.29 is 14.3 Å². The van der Waals surface area contributed by atoms with Crippen LogP contribution in [0.15, 0.2) is 59.3 Å². The zero-order valence-corrected chi connectivity index (χ0v) is 18.3. The Morgan fingerprint density at radius 2 is 1.58 bits per heavy atom. The van der Waals surface area contributed by atoms with Gasteiger partial charge in [-0.2, -0.15) is 0 Å². The molecule has 0 aliphatic rings. The zero-order valence-electron chi connectivity index (χ0n) is 16.7. The number of hydrogen-bond donors (Lipinski definition) is 2. The van der Waals surface area contributed by atoms with Gasteiger partial charge in [-0.25, -0.2) is 9.97 Å². The maximum atomic E-state index is 12.6. The monoisotopic (exact) mass is 450 g/mol. The molecule has 0 spiro atoms.